The van der Waals surface area contributed by atoms with E-state index in [9.17, 15) is 18.0 Å². The van der Waals surface area contributed by atoms with E-state index in [4.69, 9.17) is 5.73 Å². The summed E-state index contributed by atoms with van der Waals surface area (Å²) in [5, 5.41) is 2.79. The van der Waals surface area contributed by atoms with Crippen LogP contribution in [-0.4, -0.2) is 10.4 Å². The number of benzene rings is 2. The number of halogens is 4. The van der Waals surface area contributed by atoms with Crippen LogP contribution in [0.5, 0.6) is 0 Å². The normalized spacial score (nSPS) is 28.3. The Labute approximate surface area is 157 Å². The van der Waals surface area contributed by atoms with E-state index in [1.54, 1.807) is 37.3 Å². The molecule has 1 amide bonds. The van der Waals surface area contributed by atoms with Gasteiger partial charge in [0.1, 0.15) is 4.45 Å². The monoisotopic (exact) mass is 426 g/mol. The van der Waals surface area contributed by atoms with E-state index in [2.05, 4.69) is 21.2 Å². The van der Waals surface area contributed by atoms with Crippen molar-refractivity contribution in [2.45, 2.75) is 29.5 Å². The maximum atomic E-state index is 13.5. The molecule has 3 unspecified atom stereocenters. The van der Waals surface area contributed by atoms with Crippen LogP contribution < -0.4 is 11.1 Å². The first-order valence-electron chi connectivity index (χ1n) is 8.11. The van der Waals surface area contributed by atoms with E-state index >= 15 is 0 Å². The molecule has 3 N–H and O–H groups in total. The maximum absolute atomic E-state index is 13.5. The zero-order valence-electron chi connectivity index (χ0n) is 14.0. The van der Waals surface area contributed by atoms with Crippen LogP contribution in [0.2, 0.25) is 0 Å². The van der Waals surface area contributed by atoms with Crippen molar-refractivity contribution in [2.24, 2.45) is 11.7 Å². The molecule has 2 aromatic carbocycles. The van der Waals surface area contributed by atoms with Gasteiger partial charge in [-0.2, -0.15) is 13.2 Å². The molecular weight excluding hydrogens is 409 g/mol. The standard InChI is InChI=1S/C19H18BrF3N2O/c1-12-11-17(20,25-16(26)13-7-3-2-4-8-13)18(12,24)14-9-5-6-10-15(14)19(21,22)23/h2-10,12H,11,24H2,1H3,(H,25,26). The first-order chi connectivity index (χ1) is 12.1. The molecule has 1 fully saturated rings. The Balaban J connectivity index is 2.00. The first-order valence-corrected chi connectivity index (χ1v) is 8.91. The van der Waals surface area contributed by atoms with Gasteiger partial charge < -0.3 is 11.1 Å². The molecule has 0 saturated heterocycles. The second-order valence-electron chi connectivity index (χ2n) is 6.64. The number of amides is 1. The molecule has 0 aromatic heterocycles. The minimum absolute atomic E-state index is 0.0310. The summed E-state index contributed by atoms with van der Waals surface area (Å²) in [7, 11) is 0. The van der Waals surface area contributed by atoms with Gasteiger partial charge in [-0.05, 0) is 36.1 Å². The Morgan fingerprint density at radius 2 is 1.73 bits per heavy atom. The number of nitrogens with one attached hydrogen (secondary N) is 1. The molecule has 2 aromatic rings. The van der Waals surface area contributed by atoms with Crippen LogP contribution in [-0.2, 0) is 11.7 Å². The molecule has 0 radical (unpaired) electrons. The Kier molecular flexibility index (Phi) is 4.65. The van der Waals surface area contributed by atoms with Crippen molar-refractivity contribution in [1.29, 1.82) is 0 Å². The molecule has 7 heteroatoms. The number of carbonyl (C=O) groups is 1. The van der Waals surface area contributed by atoms with E-state index in [-0.39, 0.29) is 11.5 Å². The maximum Gasteiger partial charge on any atom is 0.416 e. The Bertz CT molecular complexity index is 827. The quantitative estimate of drug-likeness (QED) is 0.563. The SMILES string of the molecule is CC1CC(Br)(NC(=O)c2ccccc2)C1(N)c1ccccc1C(F)(F)F. The van der Waals surface area contributed by atoms with Crippen molar-refractivity contribution >= 4 is 21.8 Å². The molecule has 3 rings (SSSR count). The summed E-state index contributed by atoms with van der Waals surface area (Å²) in [5.74, 6) is -0.657. The zero-order valence-corrected chi connectivity index (χ0v) is 15.6. The van der Waals surface area contributed by atoms with Gasteiger partial charge in [0.05, 0.1) is 11.1 Å². The summed E-state index contributed by atoms with van der Waals surface area (Å²) < 4.78 is 39.3. The largest absolute Gasteiger partial charge is 0.416 e. The van der Waals surface area contributed by atoms with Crippen LogP contribution in [0.3, 0.4) is 0 Å². The van der Waals surface area contributed by atoms with E-state index < -0.39 is 27.6 Å². The first kappa shape index (κ1) is 18.9. The molecule has 0 aliphatic heterocycles. The van der Waals surface area contributed by atoms with Crippen LogP contribution in [0.15, 0.2) is 54.6 Å². The van der Waals surface area contributed by atoms with Gasteiger partial charge in [-0.15, -0.1) is 0 Å². The summed E-state index contributed by atoms with van der Waals surface area (Å²) in [5.41, 5.74) is 4.71. The van der Waals surface area contributed by atoms with Crippen molar-refractivity contribution in [2.75, 3.05) is 0 Å². The van der Waals surface area contributed by atoms with Crippen molar-refractivity contribution in [3.63, 3.8) is 0 Å². The summed E-state index contributed by atoms with van der Waals surface area (Å²) >= 11 is 3.44. The average molecular weight is 427 g/mol. The molecule has 1 saturated carbocycles. The van der Waals surface area contributed by atoms with Gasteiger partial charge in [0.15, 0.2) is 0 Å². The predicted molar refractivity (Wildman–Crippen MR) is 96.7 cm³/mol. The third-order valence-electron chi connectivity index (χ3n) is 5.05. The smallest absolute Gasteiger partial charge is 0.335 e. The van der Waals surface area contributed by atoms with Crippen molar-refractivity contribution < 1.29 is 18.0 Å². The van der Waals surface area contributed by atoms with Crippen molar-refractivity contribution in [3.8, 4) is 0 Å². The molecule has 0 heterocycles. The number of carbonyl (C=O) groups excluding carboxylic acids is 1. The van der Waals surface area contributed by atoms with E-state index in [0.29, 0.717) is 12.0 Å². The second-order valence-corrected chi connectivity index (χ2v) is 7.99. The molecule has 0 bridgehead atoms. The molecule has 1 aliphatic rings. The highest BCUT2D eigenvalue weighted by Gasteiger charge is 2.63. The van der Waals surface area contributed by atoms with Crippen LogP contribution in [0.25, 0.3) is 0 Å². The van der Waals surface area contributed by atoms with E-state index in [1.165, 1.54) is 18.2 Å². The van der Waals surface area contributed by atoms with Gasteiger partial charge in [-0.3, -0.25) is 4.79 Å². The fraction of sp³-hybridized carbons (Fsp3) is 0.316. The zero-order chi connectivity index (χ0) is 19.2. The van der Waals surface area contributed by atoms with Crippen molar-refractivity contribution in [1.82, 2.24) is 5.32 Å². The summed E-state index contributed by atoms with van der Waals surface area (Å²) in [6.07, 6.45) is -4.12. The van der Waals surface area contributed by atoms with Crippen molar-refractivity contribution in [3.05, 3.63) is 71.3 Å². The summed E-state index contributed by atoms with van der Waals surface area (Å²) in [4.78, 5) is 12.5. The van der Waals surface area contributed by atoms with Gasteiger partial charge >= 0.3 is 6.18 Å². The lowest BCUT2D eigenvalue weighted by Crippen LogP contribution is -2.74. The van der Waals surface area contributed by atoms with Crippen LogP contribution in [0, 0.1) is 5.92 Å². The molecule has 3 atom stereocenters. The highest BCUT2D eigenvalue weighted by atomic mass is 79.9. The Hall–Kier alpha value is -1.86. The average Bonchev–Trinajstić information content (AvgIpc) is 2.61. The molecular formula is C19H18BrF3N2O. The number of alkyl halides is 4. The van der Waals surface area contributed by atoms with Gasteiger partial charge in [-0.25, -0.2) is 0 Å². The van der Waals surface area contributed by atoms with Gasteiger partial charge in [0.2, 0.25) is 0 Å². The predicted octanol–water partition coefficient (Wildman–Crippen LogP) is 4.42. The summed E-state index contributed by atoms with van der Waals surface area (Å²) in [6.45, 7) is 1.78. The lowest BCUT2D eigenvalue weighted by molar-refractivity contribution is -0.140. The molecule has 3 nitrogen and oxygen atoms in total. The van der Waals surface area contributed by atoms with E-state index in [1.807, 2.05) is 0 Å². The molecule has 1 aliphatic carbocycles. The third-order valence-corrected chi connectivity index (χ3v) is 6.22. The van der Waals surface area contributed by atoms with E-state index in [0.717, 1.165) is 6.07 Å². The number of hydrogen-bond donors (Lipinski definition) is 2. The molecule has 26 heavy (non-hydrogen) atoms. The minimum atomic E-state index is -4.53. The van der Waals surface area contributed by atoms with Gasteiger partial charge in [0.25, 0.3) is 5.91 Å². The highest BCUT2D eigenvalue weighted by Crippen LogP contribution is 2.57. The Morgan fingerprint density at radius 1 is 1.15 bits per heavy atom. The van der Waals surface area contributed by atoms with Crippen LogP contribution >= 0.6 is 15.9 Å². The van der Waals surface area contributed by atoms with Crippen LogP contribution in [0.1, 0.15) is 34.8 Å². The topological polar surface area (TPSA) is 55.1 Å². The fourth-order valence-electron chi connectivity index (χ4n) is 3.58. The van der Waals surface area contributed by atoms with Crippen LogP contribution in [0.4, 0.5) is 13.2 Å². The number of hydrogen-bond acceptors (Lipinski definition) is 2. The fourth-order valence-corrected chi connectivity index (χ4v) is 4.85. The van der Waals surface area contributed by atoms with Gasteiger partial charge in [-0.1, -0.05) is 59.3 Å². The lowest BCUT2D eigenvalue weighted by Gasteiger charge is -2.59. The second kappa shape index (κ2) is 6.39. The summed E-state index contributed by atoms with van der Waals surface area (Å²) in [6, 6.07) is 13.7. The number of nitrogens with two attached hydrogens (primary N) is 1. The highest BCUT2D eigenvalue weighted by molar-refractivity contribution is 9.10. The van der Waals surface area contributed by atoms with Gasteiger partial charge in [0, 0.05) is 5.56 Å². The minimum Gasteiger partial charge on any atom is -0.335 e. The lowest BCUT2D eigenvalue weighted by atomic mass is 9.59. The molecule has 0 spiro atoms. The molecule has 138 valence electrons. The Morgan fingerprint density at radius 3 is 2.31 bits per heavy atom. The number of rotatable bonds is 3. The third kappa shape index (κ3) is 2.93.